The van der Waals surface area contributed by atoms with Gasteiger partial charge in [-0.15, -0.1) is 11.6 Å². The van der Waals surface area contributed by atoms with Gasteiger partial charge in [-0.05, 0) is 30.2 Å². The second-order valence-electron chi connectivity index (χ2n) is 5.66. The van der Waals surface area contributed by atoms with Crippen molar-refractivity contribution >= 4 is 50.4 Å². The number of aliphatic hydroxyl groups is 1. The van der Waals surface area contributed by atoms with Gasteiger partial charge in [0, 0.05) is 39.6 Å². The summed E-state index contributed by atoms with van der Waals surface area (Å²) in [6.07, 6.45) is 9.33. The largest absolute Gasteiger partial charge is 0.378 e. The lowest BCUT2D eigenvalue weighted by molar-refractivity contribution is -0.129. The molecule has 0 bridgehead atoms. The Morgan fingerprint density at radius 3 is 2.68 bits per heavy atom. The molecule has 0 saturated heterocycles. The monoisotopic (exact) mass is 466 g/mol. The molecule has 4 nitrogen and oxygen atoms in total. The SMILES string of the molecule is CC.CC/C=C(\C=C/CCl)/C=C/c1[nH]c2cc(Br)ccc2c1C(O)C(=O)NC. The number of hydrogen-bond donors (Lipinski definition) is 3. The quantitative estimate of drug-likeness (QED) is 0.351. The van der Waals surface area contributed by atoms with Crippen molar-refractivity contribution in [2.45, 2.75) is 33.3 Å². The predicted molar refractivity (Wildman–Crippen MR) is 124 cm³/mol. The summed E-state index contributed by atoms with van der Waals surface area (Å²) in [6.45, 7) is 6.06. The number of amides is 1. The third-order valence-corrected chi connectivity index (χ3v) is 4.55. The summed E-state index contributed by atoms with van der Waals surface area (Å²) in [5, 5.41) is 13.8. The highest BCUT2D eigenvalue weighted by Crippen LogP contribution is 2.31. The Bertz CT molecular complexity index is 869. The number of likely N-dealkylation sites (N-methyl/N-ethyl adjacent to an activating group) is 1. The van der Waals surface area contributed by atoms with Crippen molar-refractivity contribution in [3.05, 3.63) is 63.8 Å². The number of H-pyrrole nitrogens is 1. The van der Waals surface area contributed by atoms with Crippen molar-refractivity contribution in [1.29, 1.82) is 0 Å². The first-order valence-electron chi connectivity index (χ1n) is 9.33. The molecule has 1 heterocycles. The van der Waals surface area contributed by atoms with Crippen LogP contribution in [0.5, 0.6) is 0 Å². The molecule has 2 aromatic rings. The number of carbonyl (C=O) groups excluding carboxylic acids is 1. The zero-order chi connectivity index (χ0) is 21.1. The maximum absolute atomic E-state index is 12.0. The molecule has 2 rings (SSSR count). The van der Waals surface area contributed by atoms with Crippen molar-refractivity contribution in [2.24, 2.45) is 0 Å². The molecule has 152 valence electrons. The minimum atomic E-state index is -1.26. The zero-order valence-electron chi connectivity index (χ0n) is 16.7. The van der Waals surface area contributed by atoms with Crippen LogP contribution >= 0.6 is 27.5 Å². The van der Waals surface area contributed by atoms with Crippen molar-refractivity contribution in [2.75, 3.05) is 12.9 Å². The van der Waals surface area contributed by atoms with Crippen LogP contribution in [0.4, 0.5) is 0 Å². The lowest BCUT2D eigenvalue weighted by Crippen LogP contribution is -2.25. The highest BCUT2D eigenvalue weighted by Gasteiger charge is 2.23. The number of halogens is 2. The molecule has 3 N–H and O–H groups in total. The van der Waals surface area contributed by atoms with E-state index < -0.39 is 12.0 Å². The predicted octanol–water partition coefficient (Wildman–Crippen LogP) is 5.88. The number of aromatic amines is 1. The number of hydrogen-bond acceptors (Lipinski definition) is 2. The fraction of sp³-hybridized carbons (Fsp3) is 0.318. The van der Waals surface area contributed by atoms with Gasteiger partial charge in [0.25, 0.3) is 5.91 Å². The van der Waals surface area contributed by atoms with E-state index in [1.54, 1.807) is 0 Å². The molecule has 0 aliphatic rings. The number of alkyl halides is 1. The fourth-order valence-corrected chi connectivity index (χ4v) is 3.14. The lowest BCUT2D eigenvalue weighted by atomic mass is 10.0. The molecule has 1 aromatic heterocycles. The number of aliphatic hydroxyl groups excluding tert-OH is 1. The molecule has 28 heavy (non-hydrogen) atoms. The van der Waals surface area contributed by atoms with Crippen molar-refractivity contribution in [3.8, 4) is 0 Å². The van der Waals surface area contributed by atoms with Gasteiger partial charge in [0.05, 0.1) is 0 Å². The Balaban J connectivity index is 0.00000190. The molecule has 1 aromatic carbocycles. The topological polar surface area (TPSA) is 65.1 Å². The van der Waals surface area contributed by atoms with E-state index >= 15 is 0 Å². The first kappa shape index (κ1) is 24.2. The molecule has 6 heteroatoms. The number of aromatic nitrogens is 1. The van der Waals surface area contributed by atoms with Crippen LogP contribution in [0.3, 0.4) is 0 Å². The van der Waals surface area contributed by atoms with Crippen molar-refractivity contribution in [3.63, 3.8) is 0 Å². The number of rotatable bonds is 7. The van der Waals surface area contributed by atoms with Gasteiger partial charge >= 0.3 is 0 Å². The Morgan fingerprint density at radius 1 is 1.36 bits per heavy atom. The standard InChI is InChI=1S/C20H22BrClN2O2.C2H6/c1-3-5-13(6-4-11-22)7-10-16-18(19(25)20(26)23-2)15-9-8-14(21)12-17(15)24-16;1-2/h4-10,12,19,24-25H,3,11H2,1-2H3,(H,23,26);1-2H3/b6-4-,10-7+,13-5+;. The van der Waals surface area contributed by atoms with Gasteiger partial charge in [-0.3, -0.25) is 4.79 Å². The number of nitrogens with one attached hydrogen (secondary N) is 2. The van der Waals surface area contributed by atoms with Gasteiger partial charge in [0.2, 0.25) is 0 Å². The van der Waals surface area contributed by atoms with Gasteiger partial charge < -0.3 is 15.4 Å². The van der Waals surface area contributed by atoms with Gasteiger partial charge in [0.1, 0.15) is 0 Å². The Labute approximate surface area is 180 Å². The van der Waals surface area contributed by atoms with E-state index in [0.29, 0.717) is 17.1 Å². The molecular formula is C22H28BrClN2O2. The van der Waals surface area contributed by atoms with E-state index in [4.69, 9.17) is 11.6 Å². The molecule has 0 spiro atoms. The van der Waals surface area contributed by atoms with Gasteiger partial charge in [0.15, 0.2) is 6.10 Å². The van der Waals surface area contributed by atoms with E-state index in [1.165, 1.54) is 7.05 Å². The van der Waals surface area contributed by atoms with Crippen LogP contribution in [0.25, 0.3) is 17.0 Å². The average Bonchev–Trinajstić information content (AvgIpc) is 3.07. The van der Waals surface area contributed by atoms with Crippen LogP contribution in [-0.2, 0) is 4.79 Å². The smallest absolute Gasteiger partial charge is 0.253 e. The van der Waals surface area contributed by atoms with Crippen molar-refractivity contribution < 1.29 is 9.90 Å². The van der Waals surface area contributed by atoms with Crippen LogP contribution in [0, 0.1) is 0 Å². The van der Waals surface area contributed by atoms with E-state index in [-0.39, 0.29) is 0 Å². The third-order valence-electron chi connectivity index (χ3n) is 3.88. The van der Waals surface area contributed by atoms with Gasteiger partial charge in [-0.2, -0.15) is 0 Å². The number of carbonyl (C=O) groups is 1. The molecule has 0 aliphatic heterocycles. The lowest BCUT2D eigenvalue weighted by Gasteiger charge is -2.10. The van der Waals surface area contributed by atoms with Crippen LogP contribution in [0.15, 0.2) is 52.5 Å². The normalized spacial score (nSPS) is 13.0. The summed E-state index contributed by atoms with van der Waals surface area (Å²) in [6, 6.07) is 5.68. The average molecular weight is 468 g/mol. The molecular weight excluding hydrogens is 440 g/mol. The Morgan fingerprint density at radius 2 is 2.07 bits per heavy atom. The molecule has 0 radical (unpaired) electrons. The number of benzene rings is 1. The van der Waals surface area contributed by atoms with E-state index in [0.717, 1.165) is 27.4 Å². The highest BCUT2D eigenvalue weighted by atomic mass is 79.9. The molecule has 1 atom stereocenters. The number of fused-ring (bicyclic) bond motifs is 1. The molecule has 1 unspecified atom stereocenters. The van der Waals surface area contributed by atoms with Crippen LogP contribution < -0.4 is 5.32 Å². The van der Waals surface area contributed by atoms with Crippen LogP contribution in [0.1, 0.15) is 44.6 Å². The van der Waals surface area contributed by atoms with Crippen LogP contribution in [-0.4, -0.2) is 28.9 Å². The first-order valence-corrected chi connectivity index (χ1v) is 10.7. The summed E-state index contributed by atoms with van der Waals surface area (Å²) >= 11 is 9.17. The molecule has 0 fully saturated rings. The van der Waals surface area contributed by atoms with Gasteiger partial charge in [-0.1, -0.05) is 67.1 Å². The summed E-state index contributed by atoms with van der Waals surface area (Å²) in [5.41, 5.74) is 3.10. The summed E-state index contributed by atoms with van der Waals surface area (Å²) < 4.78 is 0.916. The minimum Gasteiger partial charge on any atom is -0.378 e. The summed E-state index contributed by atoms with van der Waals surface area (Å²) in [4.78, 5) is 15.3. The Hall–Kier alpha value is -1.82. The van der Waals surface area contributed by atoms with Crippen molar-refractivity contribution in [1.82, 2.24) is 10.3 Å². The summed E-state index contributed by atoms with van der Waals surface area (Å²) in [5.74, 6) is -0.00881. The zero-order valence-corrected chi connectivity index (χ0v) is 19.1. The van der Waals surface area contributed by atoms with Gasteiger partial charge in [-0.25, -0.2) is 0 Å². The fourth-order valence-electron chi connectivity index (χ4n) is 2.69. The third kappa shape index (κ3) is 6.36. The number of allylic oxidation sites excluding steroid dienone is 5. The highest BCUT2D eigenvalue weighted by molar-refractivity contribution is 9.10. The maximum atomic E-state index is 12.0. The maximum Gasteiger partial charge on any atom is 0.253 e. The van der Waals surface area contributed by atoms with E-state index in [2.05, 4.69) is 39.2 Å². The summed E-state index contributed by atoms with van der Waals surface area (Å²) in [7, 11) is 1.51. The van der Waals surface area contributed by atoms with E-state index in [9.17, 15) is 9.90 Å². The second kappa shape index (κ2) is 12.6. The molecule has 0 aliphatic carbocycles. The molecule has 0 saturated carbocycles. The van der Waals surface area contributed by atoms with Crippen LogP contribution in [0.2, 0.25) is 0 Å². The molecule has 1 amide bonds. The first-order chi connectivity index (χ1) is 13.5. The van der Waals surface area contributed by atoms with E-state index in [1.807, 2.05) is 56.4 Å². The minimum absolute atomic E-state index is 0.440. The Kier molecular flexibility index (Phi) is 10.9. The second-order valence-corrected chi connectivity index (χ2v) is 6.89.